The fraction of sp³-hybridized carbons (Fsp3) is 0.571. The van der Waals surface area contributed by atoms with E-state index in [1.54, 1.807) is 12.4 Å². The summed E-state index contributed by atoms with van der Waals surface area (Å²) >= 11 is 0. The number of aromatic nitrogens is 1. The highest BCUT2D eigenvalue weighted by Crippen LogP contribution is 2.38. The molecule has 18 heavy (non-hydrogen) atoms. The molecule has 0 aliphatic carbocycles. The highest BCUT2D eigenvalue weighted by molar-refractivity contribution is 5.80. The normalized spacial score (nSPS) is 22.8. The molecule has 1 fully saturated rings. The van der Waals surface area contributed by atoms with Crippen molar-refractivity contribution in [3.63, 3.8) is 0 Å². The van der Waals surface area contributed by atoms with Crippen LogP contribution in [0, 0.1) is 12.3 Å². The number of nitrogens with zero attached hydrogens (tertiary/aromatic N) is 2. The van der Waals surface area contributed by atoms with E-state index in [1.807, 2.05) is 31.7 Å². The second kappa shape index (κ2) is 4.59. The van der Waals surface area contributed by atoms with Crippen LogP contribution in [0.5, 0.6) is 0 Å². The average Bonchev–Trinajstić information content (AvgIpc) is 2.27. The Morgan fingerprint density at radius 2 is 2.28 bits per heavy atom. The predicted molar refractivity (Wildman–Crippen MR) is 70.8 cm³/mol. The molecule has 0 aromatic carbocycles. The molecule has 2 heterocycles. The Kier molecular flexibility index (Phi) is 3.28. The van der Waals surface area contributed by atoms with E-state index < -0.39 is 12.0 Å². The standard InChI is InChI=1S/C14H20N2O2/c1-10-9-15-7-5-11(10)16-8-4-6-14(2,3)12(16)13(17)18/h5,7,9,12H,4,6,8H2,1-3H3,(H,17,18). The largest absolute Gasteiger partial charge is 0.480 e. The SMILES string of the molecule is Cc1cnccc1N1CCCC(C)(C)C1C(=O)O. The van der Waals surface area contributed by atoms with Gasteiger partial charge in [0.25, 0.3) is 0 Å². The van der Waals surface area contributed by atoms with Gasteiger partial charge < -0.3 is 10.0 Å². The molecule has 1 atom stereocenters. The molecule has 1 aromatic heterocycles. The fourth-order valence-electron chi connectivity index (χ4n) is 2.91. The molecule has 0 radical (unpaired) electrons. The molecule has 0 bridgehead atoms. The van der Waals surface area contributed by atoms with Gasteiger partial charge in [-0.1, -0.05) is 13.8 Å². The number of aliphatic carboxylic acids is 1. The van der Waals surface area contributed by atoms with Crippen molar-refractivity contribution in [3.05, 3.63) is 24.0 Å². The third-order valence-corrected chi connectivity index (χ3v) is 3.81. The molecule has 2 rings (SSSR count). The Morgan fingerprint density at radius 3 is 2.89 bits per heavy atom. The van der Waals surface area contributed by atoms with Gasteiger partial charge in [0.15, 0.2) is 0 Å². The van der Waals surface area contributed by atoms with Gasteiger partial charge in [-0.2, -0.15) is 0 Å². The molecular formula is C14H20N2O2. The third-order valence-electron chi connectivity index (χ3n) is 3.81. The summed E-state index contributed by atoms with van der Waals surface area (Å²) in [5.74, 6) is -0.740. The first-order valence-electron chi connectivity index (χ1n) is 6.33. The topological polar surface area (TPSA) is 53.4 Å². The summed E-state index contributed by atoms with van der Waals surface area (Å²) in [5.41, 5.74) is 1.81. The molecule has 0 spiro atoms. The highest BCUT2D eigenvalue weighted by atomic mass is 16.4. The maximum Gasteiger partial charge on any atom is 0.326 e. The van der Waals surface area contributed by atoms with Crippen LogP contribution >= 0.6 is 0 Å². The number of anilines is 1. The quantitative estimate of drug-likeness (QED) is 0.873. The lowest BCUT2D eigenvalue weighted by atomic mass is 9.76. The lowest BCUT2D eigenvalue weighted by Crippen LogP contribution is -2.54. The molecule has 1 aliphatic rings. The second-order valence-electron chi connectivity index (χ2n) is 5.69. The van der Waals surface area contributed by atoms with E-state index >= 15 is 0 Å². The van der Waals surface area contributed by atoms with E-state index in [9.17, 15) is 9.90 Å². The van der Waals surface area contributed by atoms with E-state index in [4.69, 9.17) is 0 Å². The summed E-state index contributed by atoms with van der Waals surface area (Å²) < 4.78 is 0. The van der Waals surface area contributed by atoms with Crippen molar-refractivity contribution in [1.29, 1.82) is 0 Å². The van der Waals surface area contributed by atoms with Crippen LogP contribution in [-0.2, 0) is 4.79 Å². The number of rotatable bonds is 2. The number of carbonyl (C=O) groups is 1. The molecule has 4 heteroatoms. The minimum Gasteiger partial charge on any atom is -0.480 e. The van der Waals surface area contributed by atoms with Crippen molar-refractivity contribution in [2.24, 2.45) is 5.41 Å². The Bertz CT molecular complexity index is 457. The van der Waals surface area contributed by atoms with Gasteiger partial charge in [-0.3, -0.25) is 4.98 Å². The number of carboxylic acid groups (broad SMARTS) is 1. The smallest absolute Gasteiger partial charge is 0.326 e. The maximum atomic E-state index is 11.6. The first kappa shape index (κ1) is 12.9. The maximum absolute atomic E-state index is 11.6. The number of pyridine rings is 1. The summed E-state index contributed by atoms with van der Waals surface area (Å²) in [6, 6.07) is 1.44. The number of aryl methyl sites for hydroxylation is 1. The van der Waals surface area contributed by atoms with E-state index in [0.29, 0.717) is 0 Å². The molecule has 1 unspecified atom stereocenters. The monoisotopic (exact) mass is 248 g/mol. The van der Waals surface area contributed by atoms with E-state index in [2.05, 4.69) is 4.98 Å². The Labute approximate surface area is 108 Å². The van der Waals surface area contributed by atoms with Gasteiger partial charge in [0, 0.05) is 24.6 Å². The second-order valence-corrected chi connectivity index (χ2v) is 5.69. The van der Waals surface area contributed by atoms with Gasteiger partial charge in [-0.15, -0.1) is 0 Å². The van der Waals surface area contributed by atoms with Gasteiger partial charge in [0.05, 0.1) is 0 Å². The van der Waals surface area contributed by atoms with Gasteiger partial charge in [0.2, 0.25) is 0 Å². The zero-order chi connectivity index (χ0) is 13.3. The Hall–Kier alpha value is -1.58. The average molecular weight is 248 g/mol. The Balaban J connectivity index is 2.42. The molecule has 4 nitrogen and oxygen atoms in total. The zero-order valence-corrected chi connectivity index (χ0v) is 11.2. The van der Waals surface area contributed by atoms with Crippen molar-refractivity contribution >= 4 is 11.7 Å². The number of hydrogen-bond acceptors (Lipinski definition) is 3. The first-order valence-corrected chi connectivity index (χ1v) is 6.33. The molecular weight excluding hydrogens is 228 g/mol. The van der Waals surface area contributed by atoms with Crippen LogP contribution in [0.15, 0.2) is 18.5 Å². The van der Waals surface area contributed by atoms with E-state index in [-0.39, 0.29) is 5.41 Å². The molecule has 0 amide bonds. The number of hydrogen-bond donors (Lipinski definition) is 1. The summed E-state index contributed by atoms with van der Waals surface area (Å²) in [7, 11) is 0. The minimum absolute atomic E-state index is 0.209. The van der Waals surface area contributed by atoms with Crippen LogP contribution in [0.2, 0.25) is 0 Å². The van der Waals surface area contributed by atoms with Crippen molar-refractivity contribution in [3.8, 4) is 0 Å². The first-order chi connectivity index (χ1) is 8.43. The lowest BCUT2D eigenvalue weighted by molar-refractivity contribution is -0.142. The Morgan fingerprint density at radius 1 is 1.56 bits per heavy atom. The number of piperidine rings is 1. The third kappa shape index (κ3) is 2.19. The summed E-state index contributed by atoms with van der Waals surface area (Å²) in [5, 5.41) is 9.54. The van der Waals surface area contributed by atoms with Gasteiger partial charge >= 0.3 is 5.97 Å². The molecule has 1 aromatic rings. The fourth-order valence-corrected chi connectivity index (χ4v) is 2.91. The van der Waals surface area contributed by atoms with E-state index in [0.717, 1.165) is 30.6 Å². The van der Waals surface area contributed by atoms with E-state index in [1.165, 1.54) is 0 Å². The van der Waals surface area contributed by atoms with Crippen LogP contribution in [0.4, 0.5) is 5.69 Å². The predicted octanol–water partition coefficient (Wildman–Crippen LogP) is 2.47. The van der Waals surface area contributed by atoms with Crippen molar-refractivity contribution in [2.45, 2.75) is 39.7 Å². The van der Waals surface area contributed by atoms with Gasteiger partial charge in [0.1, 0.15) is 6.04 Å². The molecule has 1 saturated heterocycles. The van der Waals surface area contributed by atoms with Crippen LogP contribution in [0.1, 0.15) is 32.3 Å². The minimum atomic E-state index is -0.740. The summed E-state index contributed by atoms with van der Waals surface area (Å²) in [6.45, 7) is 6.84. The highest BCUT2D eigenvalue weighted by Gasteiger charge is 2.42. The van der Waals surface area contributed by atoms with Gasteiger partial charge in [-0.25, -0.2) is 4.79 Å². The van der Waals surface area contributed by atoms with Crippen molar-refractivity contribution < 1.29 is 9.90 Å². The van der Waals surface area contributed by atoms with Crippen molar-refractivity contribution in [2.75, 3.05) is 11.4 Å². The lowest BCUT2D eigenvalue weighted by Gasteiger charge is -2.45. The molecule has 1 aliphatic heterocycles. The summed E-state index contributed by atoms with van der Waals surface area (Å²) in [6.07, 6.45) is 5.49. The molecule has 0 saturated carbocycles. The molecule has 98 valence electrons. The molecule has 1 N–H and O–H groups in total. The zero-order valence-electron chi connectivity index (χ0n) is 11.2. The van der Waals surface area contributed by atoms with Crippen LogP contribution in [-0.4, -0.2) is 28.6 Å². The summed E-state index contributed by atoms with van der Waals surface area (Å²) in [4.78, 5) is 17.7. The van der Waals surface area contributed by atoms with Crippen LogP contribution < -0.4 is 4.90 Å². The van der Waals surface area contributed by atoms with Crippen LogP contribution in [0.25, 0.3) is 0 Å². The van der Waals surface area contributed by atoms with Crippen molar-refractivity contribution in [1.82, 2.24) is 4.98 Å². The number of carboxylic acids is 1. The van der Waals surface area contributed by atoms with Crippen LogP contribution in [0.3, 0.4) is 0 Å². The van der Waals surface area contributed by atoms with Gasteiger partial charge in [-0.05, 0) is 36.8 Å².